The van der Waals surface area contributed by atoms with Gasteiger partial charge in [-0.15, -0.1) is 0 Å². The predicted molar refractivity (Wildman–Crippen MR) is 109 cm³/mol. The first-order valence-corrected chi connectivity index (χ1v) is 9.98. The van der Waals surface area contributed by atoms with Gasteiger partial charge in [0.15, 0.2) is 6.61 Å². The van der Waals surface area contributed by atoms with E-state index in [0.29, 0.717) is 0 Å². The average Bonchev–Trinajstić information content (AvgIpc) is 3.04. The van der Waals surface area contributed by atoms with Crippen molar-refractivity contribution in [2.24, 2.45) is 0 Å². The number of carbonyl (C=O) groups excluding carboxylic acids is 1. The number of aryl methyl sites for hydroxylation is 2. The summed E-state index contributed by atoms with van der Waals surface area (Å²) >= 11 is 0. The van der Waals surface area contributed by atoms with Gasteiger partial charge in [0.25, 0.3) is 5.91 Å². The average molecular weight is 380 g/mol. The van der Waals surface area contributed by atoms with Gasteiger partial charge in [-0.1, -0.05) is 18.2 Å². The molecule has 28 heavy (non-hydrogen) atoms. The lowest BCUT2D eigenvalue weighted by Crippen LogP contribution is -2.49. The van der Waals surface area contributed by atoms with Gasteiger partial charge in [-0.3, -0.25) is 4.79 Å². The molecule has 1 aliphatic carbocycles. The summed E-state index contributed by atoms with van der Waals surface area (Å²) in [6.07, 6.45) is 6.07. The molecule has 1 aromatic heterocycles. The smallest absolute Gasteiger partial charge is 0.260 e. The summed E-state index contributed by atoms with van der Waals surface area (Å²) in [5.41, 5.74) is 3.38. The van der Waals surface area contributed by atoms with Crippen molar-refractivity contribution in [1.29, 1.82) is 0 Å². The zero-order chi connectivity index (χ0) is 19.7. The molecule has 4 rings (SSSR count). The highest BCUT2D eigenvalue weighted by Gasteiger charge is 2.44. The molecule has 6 heteroatoms. The van der Waals surface area contributed by atoms with Crippen molar-refractivity contribution in [3.05, 3.63) is 47.3 Å². The molecule has 1 amide bonds. The summed E-state index contributed by atoms with van der Waals surface area (Å²) in [4.78, 5) is 26.1. The number of para-hydroxylation sites is 1. The zero-order valence-corrected chi connectivity index (χ0v) is 16.9. The van der Waals surface area contributed by atoms with Gasteiger partial charge < -0.3 is 14.5 Å². The van der Waals surface area contributed by atoms with Crippen LogP contribution >= 0.6 is 0 Å². The summed E-state index contributed by atoms with van der Waals surface area (Å²) < 4.78 is 5.80. The molecule has 1 unspecified atom stereocenters. The van der Waals surface area contributed by atoms with Gasteiger partial charge in [-0.05, 0) is 49.8 Å². The summed E-state index contributed by atoms with van der Waals surface area (Å²) in [5, 5.41) is 0. The highest BCUT2D eigenvalue weighted by atomic mass is 16.5. The van der Waals surface area contributed by atoms with E-state index in [1.165, 1.54) is 5.56 Å². The molecule has 2 aliphatic rings. The number of fused-ring (bicyclic) bond motifs is 2. The maximum absolute atomic E-state index is 12.9. The summed E-state index contributed by atoms with van der Waals surface area (Å²) in [6.45, 7) is 3.59. The van der Waals surface area contributed by atoms with Crippen LogP contribution in [0.5, 0.6) is 5.75 Å². The van der Waals surface area contributed by atoms with E-state index in [2.05, 4.69) is 4.98 Å². The van der Waals surface area contributed by atoms with E-state index in [0.717, 1.165) is 61.7 Å². The molecule has 1 fully saturated rings. The second-order valence-corrected chi connectivity index (χ2v) is 8.19. The van der Waals surface area contributed by atoms with Crippen molar-refractivity contribution < 1.29 is 9.53 Å². The first-order valence-electron chi connectivity index (χ1n) is 9.98. The molecule has 1 spiro atoms. The SMILES string of the molecule is Cc1ccccc1OCC(=O)N1CCCC2(CCc3cnc(N(C)C)nc32)C1. The zero-order valence-electron chi connectivity index (χ0n) is 16.9. The molecule has 1 aliphatic heterocycles. The van der Waals surface area contributed by atoms with Crippen LogP contribution in [0.1, 0.15) is 36.1 Å². The van der Waals surface area contributed by atoms with Crippen molar-refractivity contribution in [2.75, 3.05) is 38.7 Å². The number of rotatable bonds is 4. The van der Waals surface area contributed by atoms with Crippen LogP contribution in [0, 0.1) is 6.92 Å². The Morgan fingerprint density at radius 2 is 2.11 bits per heavy atom. The minimum absolute atomic E-state index is 0.0421. The Bertz CT molecular complexity index is 879. The lowest BCUT2D eigenvalue weighted by molar-refractivity contribution is -0.135. The molecule has 1 aromatic carbocycles. The Morgan fingerprint density at radius 3 is 2.89 bits per heavy atom. The third-order valence-electron chi connectivity index (χ3n) is 6.00. The van der Waals surface area contributed by atoms with Crippen molar-refractivity contribution in [3.8, 4) is 5.75 Å². The van der Waals surface area contributed by atoms with Crippen LogP contribution in [0.4, 0.5) is 5.95 Å². The van der Waals surface area contributed by atoms with Crippen LogP contribution in [-0.2, 0) is 16.6 Å². The number of amides is 1. The van der Waals surface area contributed by atoms with Gasteiger partial charge >= 0.3 is 0 Å². The predicted octanol–water partition coefficient (Wildman–Crippen LogP) is 2.74. The third-order valence-corrected chi connectivity index (χ3v) is 6.00. The monoisotopic (exact) mass is 380 g/mol. The Kier molecular flexibility index (Phi) is 4.96. The molecule has 6 nitrogen and oxygen atoms in total. The van der Waals surface area contributed by atoms with Gasteiger partial charge in [0, 0.05) is 38.8 Å². The maximum Gasteiger partial charge on any atom is 0.260 e. The Labute approximate surface area is 166 Å². The molecule has 0 bridgehead atoms. The molecule has 2 aromatic rings. The van der Waals surface area contributed by atoms with E-state index in [9.17, 15) is 4.79 Å². The lowest BCUT2D eigenvalue weighted by Gasteiger charge is -2.40. The molecule has 1 atom stereocenters. The fourth-order valence-corrected chi connectivity index (χ4v) is 4.44. The number of benzene rings is 1. The molecule has 0 radical (unpaired) electrons. The van der Waals surface area contributed by atoms with Gasteiger partial charge in [-0.25, -0.2) is 9.97 Å². The normalized spacial score (nSPS) is 20.9. The molecule has 0 saturated carbocycles. The number of hydrogen-bond acceptors (Lipinski definition) is 5. The Morgan fingerprint density at radius 1 is 1.29 bits per heavy atom. The second kappa shape index (κ2) is 7.41. The minimum Gasteiger partial charge on any atom is -0.484 e. The minimum atomic E-state index is -0.0421. The molecule has 0 N–H and O–H groups in total. The Balaban J connectivity index is 1.49. The summed E-state index contributed by atoms with van der Waals surface area (Å²) in [6, 6.07) is 7.81. The van der Waals surface area contributed by atoms with E-state index >= 15 is 0 Å². The molecule has 1 saturated heterocycles. The van der Waals surface area contributed by atoms with E-state index in [1.807, 2.05) is 61.3 Å². The maximum atomic E-state index is 12.9. The summed E-state index contributed by atoms with van der Waals surface area (Å²) in [5.74, 6) is 1.57. The first-order chi connectivity index (χ1) is 13.5. The van der Waals surface area contributed by atoms with E-state index in [4.69, 9.17) is 9.72 Å². The third kappa shape index (κ3) is 3.43. The van der Waals surface area contributed by atoms with Crippen molar-refractivity contribution in [2.45, 2.75) is 38.0 Å². The standard InChI is InChI=1S/C22H28N4O2/c1-16-7-4-5-8-18(16)28-14-19(27)26-12-6-10-22(15-26)11-9-17-13-23-21(25(2)3)24-20(17)22/h4-5,7-8,13H,6,9-12,14-15H2,1-3H3. The molecule has 148 valence electrons. The van der Waals surface area contributed by atoms with Crippen LogP contribution in [0.2, 0.25) is 0 Å². The van der Waals surface area contributed by atoms with Crippen LogP contribution in [-0.4, -0.2) is 54.6 Å². The number of likely N-dealkylation sites (tertiary alicyclic amines) is 1. The van der Waals surface area contributed by atoms with Gasteiger partial charge in [0.05, 0.1) is 5.69 Å². The number of piperidine rings is 1. The van der Waals surface area contributed by atoms with Gasteiger partial charge in [0.2, 0.25) is 5.95 Å². The van der Waals surface area contributed by atoms with Crippen LogP contribution < -0.4 is 9.64 Å². The largest absolute Gasteiger partial charge is 0.484 e. The number of aromatic nitrogens is 2. The van der Waals surface area contributed by atoms with Crippen molar-refractivity contribution in [3.63, 3.8) is 0 Å². The molecular formula is C22H28N4O2. The van der Waals surface area contributed by atoms with Crippen LogP contribution in [0.25, 0.3) is 0 Å². The second-order valence-electron chi connectivity index (χ2n) is 8.19. The van der Waals surface area contributed by atoms with Crippen molar-refractivity contribution in [1.82, 2.24) is 14.9 Å². The van der Waals surface area contributed by atoms with Crippen molar-refractivity contribution >= 4 is 11.9 Å². The number of anilines is 1. The van der Waals surface area contributed by atoms with Crippen LogP contribution in [0.15, 0.2) is 30.5 Å². The Hall–Kier alpha value is -2.63. The van der Waals surface area contributed by atoms with E-state index in [-0.39, 0.29) is 17.9 Å². The number of nitrogens with zero attached hydrogens (tertiary/aromatic N) is 4. The number of carbonyl (C=O) groups is 1. The highest BCUT2D eigenvalue weighted by molar-refractivity contribution is 5.78. The first kappa shape index (κ1) is 18.7. The fourth-order valence-electron chi connectivity index (χ4n) is 4.44. The number of hydrogen-bond donors (Lipinski definition) is 0. The van der Waals surface area contributed by atoms with E-state index in [1.54, 1.807) is 0 Å². The van der Waals surface area contributed by atoms with Gasteiger partial charge in [-0.2, -0.15) is 0 Å². The van der Waals surface area contributed by atoms with Gasteiger partial charge in [0.1, 0.15) is 5.75 Å². The topological polar surface area (TPSA) is 58.6 Å². The lowest BCUT2D eigenvalue weighted by atomic mass is 9.77. The highest BCUT2D eigenvalue weighted by Crippen LogP contribution is 2.44. The molecular weight excluding hydrogens is 352 g/mol. The van der Waals surface area contributed by atoms with E-state index < -0.39 is 0 Å². The summed E-state index contributed by atoms with van der Waals surface area (Å²) in [7, 11) is 3.92. The number of ether oxygens (including phenoxy) is 1. The molecule has 2 heterocycles. The quantitative estimate of drug-likeness (QED) is 0.816. The van der Waals surface area contributed by atoms with Crippen LogP contribution in [0.3, 0.4) is 0 Å². The fraction of sp³-hybridized carbons (Fsp3) is 0.500.